The molecule has 0 bridgehead atoms. The van der Waals surface area contributed by atoms with Crippen molar-refractivity contribution in [1.82, 2.24) is 15.0 Å². The van der Waals surface area contributed by atoms with Crippen molar-refractivity contribution in [3.8, 4) is 67.5 Å². The molecule has 0 saturated heterocycles. The zero-order valence-corrected chi connectivity index (χ0v) is 34.4. The van der Waals surface area contributed by atoms with E-state index in [1.807, 2.05) is 47.7 Å². The summed E-state index contributed by atoms with van der Waals surface area (Å²) in [6, 6.07) is 80.7. The van der Waals surface area contributed by atoms with Crippen molar-refractivity contribution >= 4 is 31.5 Å². The molecule has 0 aliphatic heterocycles. The molecule has 11 aromatic rings. The summed E-state index contributed by atoms with van der Waals surface area (Å²) in [5, 5.41) is 2.34. The van der Waals surface area contributed by atoms with Crippen molar-refractivity contribution in [2.75, 3.05) is 0 Å². The minimum atomic E-state index is -0.433. The first-order valence-corrected chi connectivity index (χ1v) is 21.8. The molecule has 62 heavy (non-hydrogen) atoms. The third-order valence-electron chi connectivity index (χ3n) is 12.4. The van der Waals surface area contributed by atoms with E-state index >= 15 is 0 Å². The van der Waals surface area contributed by atoms with Crippen LogP contribution in [0.25, 0.3) is 87.7 Å². The Labute approximate surface area is 364 Å². The van der Waals surface area contributed by atoms with Crippen LogP contribution in [0.4, 0.5) is 0 Å². The van der Waals surface area contributed by atoms with E-state index < -0.39 is 5.41 Å². The van der Waals surface area contributed by atoms with Crippen molar-refractivity contribution in [3.05, 3.63) is 247 Å². The minimum Gasteiger partial charge on any atom is -0.208 e. The van der Waals surface area contributed by atoms with Crippen molar-refractivity contribution < 1.29 is 0 Å². The Morgan fingerprint density at radius 2 is 0.790 bits per heavy atom. The molecule has 0 atom stereocenters. The Bertz CT molecular complexity index is 3350. The van der Waals surface area contributed by atoms with Crippen molar-refractivity contribution in [2.45, 2.75) is 5.41 Å². The van der Waals surface area contributed by atoms with Gasteiger partial charge in [-0.05, 0) is 79.9 Å². The first-order valence-electron chi connectivity index (χ1n) is 21.0. The third-order valence-corrected chi connectivity index (χ3v) is 13.6. The largest absolute Gasteiger partial charge is 0.208 e. The number of aromatic nitrogens is 3. The van der Waals surface area contributed by atoms with Gasteiger partial charge in [0.2, 0.25) is 0 Å². The second-order valence-corrected chi connectivity index (χ2v) is 16.9. The smallest absolute Gasteiger partial charge is 0.164 e. The van der Waals surface area contributed by atoms with Gasteiger partial charge in [0.1, 0.15) is 0 Å². The maximum absolute atomic E-state index is 5.15. The number of nitrogens with zero attached hydrogens (tertiary/aromatic N) is 3. The molecule has 0 fully saturated rings. The van der Waals surface area contributed by atoms with Crippen LogP contribution in [-0.4, -0.2) is 15.0 Å². The Kier molecular flexibility index (Phi) is 8.58. The van der Waals surface area contributed by atoms with Crippen LogP contribution >= 0.6 is 11.3 Å². The lowest BCUT2D eigenvalue weighted by molar-refractivity contribution is 0.768. The number of hydrogen-bond donors (Lipinski definition) is 0. The highest BCUT2D eigenvalue weighted by Crippen LogP contribution is 2.57. The molecule has 2 aromatic heterocycles. The number of rotatable bonds is 7. The Morgan fingerprint density at radius 3 is 1.42 bits per heavy atom. The molecule has 0 saturated carbocycles. The van der Waals surface area contributed by atoms with E-state index in [9.17, 15) is 0 Å². The predicted molar refractivity (Wildman–Crippen MR) is 257 cm³/mol. The van der Waals surface area contributed by atoms with Gasteiger partial charge in [0, 0.05) is 36.9 Å². The standard InChI is InChI=1S/C58H37N3S/c1-5-18-38(19-6-1)55-59-56(39-20-7-2-8-21-39)61-57(60-55)47-29-17-31-53-54(47)49-37-41(33-35-52(49)62-53)45-27-14-13-26-44(45)40-32-34-51-48(36-40)46-28-15-16-30-50(46)58(51,42-22-9-3-10-23-42)43-24-11-4-12-25-43/h1-37H. The topological polar surface area (TPSA) is 38.7 Å². The van der Waals surface area contributed by atoms with Gasteiger partial charge in [-0.1, -0.05) is 200 Å². The lowest BCUT2D eigenvalue weighted by atomic mass is 9.67. The van der Waals surface area contributed by atoms with Crippen LogP contribution in [0.15, 0.2) is 224 Å². The van der Waals surface area contributed by atoms with Gasteiger partial charge in [-0.2, -0.15) is 0 Å². The third kappa shape index (κ3) is 5.76. The van der Waals surface area contributed by atoms with Gasteiger partial charge >= 0.3 is 0 Å². The molecule has 12 rings (SSSR count). The normalized spacial score (nSPS) is 12.6. The van der Waals surface area contributed by atoms with Crippen LogP contribution < -0.4 is 0 Å². The van der Waals surface area contributed by atoms with Gasteiger partial charge in [0.15, 0.2) is 17.5 Å². The average molecular weight is 808 g/mol. The number of benzene rings is 9. The monoisotopic (exact) mass is 807 g/mol. The molecule has 290 valence electrons. The summed E-state index contributed by atoms with van der Waals surface area (Å²) in [4.78, 5) is 15.3. The van der Waals surface area contributed by atoms with Crippen LogP contribution in [0.1, 0.15) is 22.3 Å². The molecule has 1 aliphatic rings. The molecular weight excluding hydrogens is 771 g/mol. The fourth-order valence-corrected chi connectivity index (χ4v) is 10.8. The highest BCUT2D eigenvalue weighted by atomic mass is 32.1. The van der Waals surface area contributed by atoms with E-state index in [4.69, 9.17) is 15.0 Å². The second-order valence-electron chi connectivity index (χ2n) is 15.9. The highest BCUT2D eigenvalue weighted by Gasteiger charge is 2.46. The van der Waals surface area contributed by atoms with Crippen LogP contribution in [0.3, 0.4) is 0 Å². The predicted octanol–water partition coefficient (Wildman–Crippen LogP) is 14.9. The lowest BCUT2D eigenvalue weighted by Crippen LogP contribution is -2.28. The van der Waals surface area contributed by atoms with Gasteiger partial charge in [-0.3, -0.25) is 0 Å². The first-order chi connectivity index (χ1) is 30.7. The molecule has 0 radical (unpaired) electrons. The molecule has 4 heteroatoms. The quantitative estimate of drug-likeness (QED) is 0.161. The molecular formula is C58H37N3S. The molecule has 0 unspecified atom stereocenters. The van der Waals surface area contributed by atoms with Crippen LogP contribution in [0.2, 0.25) is 0 Å². The van der Waals surface area contributed by atoms with Crippen molar-refractivity contribution in [1.29, 1.82) is 0 Å². The fourth-order valence-electron chi connectivity index (χ4n) is 9.71. The summed E-state index contributed by atoms with van der Waals surface area (Å²) in [5.41, 5.74) is 14.9. The maximum atomic E-state index is 5.15. The Morgan fingerprint density at radius 1 is 0.306 bits per heavy atom. The fraction of sp³-hybridized carbons (Fsp3) is 0.0172. The molecule has 0 spiro atoms. The van der Waals surface area contributed by atoms with E-state index in [0.717, 1.165) is 27.6 Å². The number of fused-ring (bicyclic) bond motifs is 6. The van der Waals surface area contributed by atoms with E-state index in [0.29, 0.717) is 17.5 Å². The van der Waals surface area contributed by atoms with E-state index in [2.05, 4.69) is 188 Å². The zero-order valence-electron chi connectivity index (χ0n) is 33.6. The minimum absolute atomic E-state index is 0.433. The molecule has 9 aromatic carbocycles. The van der Waals surface area contributed by atoms with Crippen LogP contribution in [0.5, 0.6) is 0 Å². The lowest BCUT2D eigenvalue weighted by Gasteiger charge is -2.33. The number of hydrogen-bond acceptors (Lipinski definition) is 4. The molecule has 2 heterocycles. The zero-order chi connectivity index (χ0) is 41.0. The van der Waals surface area contributed by atoms with Crippen molar-refractivity contribution in [2.24, 2.45) is 0 Å². The van der Waals surface area contributed by atoms with Crippen LogP contribution in [0, 0.1) is 0 Å². The van der Waals surface area contributed by atoms with Gasteiger partial charge < -0.3 is 0 Å². The highest BCUT2D eigenvalue weighted by molar-refractivity contribution is 7.26. The summed E-state index contributed by atoms with van der Waals surface area (Å²) >= 11 is 1.81. The summed E-state index contributed by atoms with van der Waals surface area (Å²) in [6.45, 7) is 0. The second kappa shape index (κ2) is 14.7. The molecule has 1 aliphatic carbocycles. The van der Waals surface area contributed by atoms with E-state index in [-0.39, 0.29) is 0 Å². The van der Waals surface area contributed by atoms with E-state index in [1.165, 1.54) is 64.9 Å². The van der Waals surface area contributed by atoms with Crippen LogP contribution in [-0.2, 0) is 5.41 Å². The summed E-state index contributed by atoms with van der Waals surface area (Å²) < 4.78 is 2.42. The van der Waals surface area contributed by atoms with Gasteiger partial charge in [-0.15, -0.1) is 11.3 Å². The number of thiophene rings is 1. The van der Waals surface area contributed by atoms with Gasteiger partial charge in [0.05, 0.1) is 5.41 Å². The maximum Gasteiger partial charge on any atom is 0.164 e. The molecule has 3 nitrogen and oxygen atoms in total. The Hall–Kier alpha value is -7.79. The summed E-state index contributed by atoms with van der Waals surface area (Å²) in [5.74, 6) is 1.97. The molecule has 0 N–H and O–H groups in total. The SMILES string of the molecule is c1ccc(-c2nc(-c3ccccc3)nc(-c3cccc4sc5ccc(-c6ccccc6-c6ccc7c(c6)-c6ccccc6C7(c6ccccc6)c6ccccc6)cc5c34)n2)cc1. The Balaban J connectivity index is 1.02. The van der Waals surface area contributed by atoms with Gasteiger partial charge in [-0.25, -0.2) is 15.0 Å². The van der Waals surface area contributed by atoms with Gasteiger partial charge in [0.25, 0.3) is 0 Å². The van der Waals surface area contributed by atoms with E-state index in [1.54, 1.807) is 0 Å². The first kappa shape index (κ1) is 36.1. The average Bonchev–Trinajstić information content (AvgIpc) is 3.88. The van der Waals surface area contributed by atoms with Crippen molar-refractivity contribution in [3.63, 3.8) is 0 Å². The molecule has 0 amide bonds. The summed E-state index contributed by atoms with van der Waals surface area (Å²) in [6.07, 6.45) is 0. The summed E-state index contributed by atoms with van der Waals surface area (Å²) in [7, 11) is 0.